The highest BCUT2D eigenvalue weighted by molar-refractivity contribution is 5.86. The van der Waals surface area contributed by atoms with E-state index < -0.39 is 0 Å². The van der Waals surface area contributed by atoms with Gasteiger partial charge in [-0.15, -0.1) is 0 Å². The summed E-state index contributed by atoms with van der Waals surface area (Å²) in [5, 5.41) is 0. The predicted molar refractivity (Wildman–Crippen MR) is 71.2 cm³/mol. The molecule has 3 heteroatoms. The first-order valence-corrected chi connectivity index (χ1v) is 5.99. The van der Waals surface area contributed by atoms with Crippen LogP contribution in [0.3, 0.4) is 0 Å². The summed E-state index contributed by atoms with van der Waals surface area (Å²) in [6.45, 7) is 10.6. The Kier molecular flexibility index (Phi) is 2.64. The highest BCUT2D eigenvalue weighted by Crippen LogP contribution is 2.31. The summed E-state index contributed by atoms with van der Waals surface area (Å²) in [6.07, 6.45) is 0. The zero-order valence-corrected chi connectivity index (χ0v) is 11.2. The van der Waals surface area contributed by atoms with Crippen molar-refractivity contribution in [1.82, 2.24) is 4.98 Å². The molecule has 0 saturated heterocycles. The minimum atomic E-state index is 0.0687. The van der Waals surface area contributed by atoms with E-state index in [0.717, 1.165) is 11.4 Å². The number of hydrogen-bond acceptors (Lipinski definition) is 3. The summed E-state index contributed by atoms with van der Waals surface area (Å²) in [5.41, 5.74) is 9.53. The fraction of sp³-hybridized carbons (Fsp3) is 0.500. The van der Waals surface area contributed by atoms with Gasteiger partial charge in [-0.3, -0.25) is 0 Å². The van der Waals surface area contributed by atoms with Crippen LogP contribution in [0.2, 0.25) is 0 Å². The molecule has 2 aromatic rings. The van der Waals surface area contributed by atoms with Crippen molar-refractivity contribution in [2.24, 2.45) is 0 Å². The Bertz CT molecular complexity index is 547. The largest absolute Gasteiger partial charge is 0.438 e. The van der Waals surface area contributed by atoms with Gasteiger partial charge in [0.2, 0.25) is 0 Å². The average Bonchev–Trinajstić information content (AvgIpc) is 2.60. The maximum absolute atomic E-state index is 6.03. The molecule has 3 nitrogen and oxygen atoms in total. The smallest absolute Gasteiger partial charge is 0.198 e. The van der Waals surface area contributed by atoms with E-state index in [2.05, 4.69) is 45.7 Å². The van der Waals surface area contributed by atoms with E-state index >= 15 is 0 Å². The molecule has 0 bridgehead atoms. The normalized spacial score (nSPS) is 12.6. The number of oxazole rings is 1. The molecule has 0 aliphatic carbocycles. The summed E-state index contributed by atoms with van der Waals surface area (Å²) in [7, 11) is 0. The van der Waals surface area contributed by atoms with Crippen LogP contribution >= 0.6 is 0 Å². The number of nitrogen functional groups attached to an aromatic ring is 1. The van der Waals surface area contributed by atoms with Gasteiger partial charge in [0, 0.05) is 5.92 Å². The molecule has 2 N–H and O–H groups in total. The van der Waals surface area contributed by atoms with Crippen LogP contribution in [0, 0.1) is 0 Å². The van der Waals surface area contributed by atoms with Gasteiger partial charge in [-0.1, -0.05) is 34.6 Å². The number of fused-ring (bicyclic) bond motifs is 1. The molecule has 17 heavy (non-hydrogen) atoms. The molecule has 0 aliphatic rings. The lowest BCUT2D eigenvalue weighted by atomic mass is 9.86. The van der Waals surface area contributed by atoms with Crippen molar-refractivity contribution in [2.75, 3.05) is 5.73 Å². The SMILES string of the molecule is CC(C)c1nc2cc(C(C)(C)C)cc(N)c2o1. The Labute approximate surface area is 102 Å². The van der Waals surface area contributed by atoms with Crippen LogP contribution in [0.5, 0.6) is 0 Å². The van der Waals surface area contributed by atoms with Crippen molar-refractivity contribution < 1.29 is 4.42 Å². The van der Waals surface area contributed by atoms with E-state index in [9.17, 15) is 0 Å². The number of anilines is 1. The van der Waals surface area contributed by atoms with Crippen molar-refractivity contribution in [1.29, 1.82) is 0 Å². The Morgan fingerprint density at radius 1 is 1.24 bits per heavy atom. The third kappa shape index (κ3) is 2.14. The lowest BCUT2D eigenvalue weighted by molar-refractivity contribution is 0.502. The van der Waals surface area contributed by atoms with Crippen molar-refractivity contribution in [2.45, 2.75) is 46.0 Å². The van der Waals surface area contributed by atoms with E-state index in [0.29, 0.717) is 11.3 Å². The second-order valence-electron chi connectivity index (χ2n) is 5.87. The van der Waals surface area contributed by atoms with E-state index in [-0.39, 0.29) is 11.3 Å². The first-order valence-electron chi connectivity index (χ1n) is 5.99. The molecule has 1 aromatic carbocycles. The van der Waals surface area contributed by atoms with Gasteiger partial charge in [0.15, 0.2) is 11.5 Å². The van der Waals surface area contributed by atoms with Gasteiger partial charge in [-0.25, -0.2) is 4.98 Å². The molecule has 0 saturated carbocycles. The van der Waals surface area contributed by atoms with Gasteiger partial charge in [0.25, 0.3) is 0 Å². The predicted octanol–water partition coefficient (Wildman–Crippen LogP) is 3.83. The van der Waals surface area contributed by atoms with Crippen LogP contribution in [0.1, 0.15) is 52.0 Å². The molecule has 0 atom stereocenters. The Morgan fingerprint density at radius 2 is 1.88 bits per heavy atom. The zero-order valence-electron chi connectivity index (χ0n) is 11.2. The summed E-state index contributed by atoms with van der Waals surface area (Å²) in [6, 6.07) is 4.05. The molecular weight excluding hydrogens is 212 g/mol. The van der Waals surface area contributed by atoms with E-state index in [4.69, 9.17) is 10.2 Å². The first-order chi connectivity index (χ1) is 7.79. The summed E-state index contributed by atoms with van der Waals surface area (Å²) in [4.78, 5) is 4.50. The number of aromatic nitrogens is 1. The van der Waals surface area contributed by atoms with Gasteiger partial charge in [0.1, 0.15) is 5.52 Å². The second kappa shape index (κ2) is 3.76. The van der Waals surface area contributed by atoms with Gasteiger partial charge < -0.3 is 10.2 Å². The van der Waals surface area contributed by atoms with Gasteiger partial charge >= 0.3 is 0 Å². The van der Waals surface area contributed by atoms with Gasteiger partial charge in [-0.2, -0.15) is 0 Å². The fourth-order valence-electron chi connectivity index (χ4n) is 1.76. The molecule has 0 fully saturated rings. The maximum atomic E-state index is 6.03. The van der Waals surface area contributed by atoms with Crippen molar-refractivity contribution in [3.05, 3.63) is 23.6 Å². The van der Waals surface area contributed by atoms with Crippen LogP contribution in [-0.2, 0) is 5.41 Å². The first kappa shape index (κ1) is 12.0. The topological polar surface area (TPSA) is 52.0 Å². The summed E-state index contributed by atoms with van der Waals surface area (Å²) < 4.78 is 5.69. The molecule has 0 radical (unpaired) electrons. The molecule has 92 valence electrons. The highest BCUT2D eigenvalue weighted by Gasteiger charge is 2.18. The zero-order chi connectivity index (χ0) is 12.8. The quantitative estimate of drug-likeness (QED) is 0.760. The van der Waals surface area contributed by atoms with E-state index in [1.54, 1.807) is 0 Å². The molecule has 1 aromatic heterocycles. The molecule has 2 rings (SSSR count). The maximum Gasteiger partial charge on any atom is 0.198 e. The van der Waals surface area contributed by atoms with Crippen molar-refractivity contribution in [3.63, 3.8) is 0 Å². The van der Waals surface area contributed by atoms with Crippen molar-refractivity contribution in [3.8, 4) is 0 Å². The Morgan fingerprint density at radius 3 is 2.41 bits per heavy atom. The molecule has 0 amide bonds. The minimum Gasteiger partial charge on any atom is -0.438 e. The Balaban J connectivity index is 2.65. The summed E-state index contributed by atoms with van der Waals surface area (Å²) in [5.74, 6) is 1.03. The molecule has 0 spiro atoms. The Hall–Kier alpha value is -1.51. The third-order valence-electron chi connectivity index (χ3n) is 2.90. The van der Waals surface area contributed by atoms with Crippen LogP contribution < -0.4 is 5.73 Å². The number of nitrogens with zero attached hydrogens (tertiary/aromatic N) is 1. The standard InChI is InChI=1S/C14H20N2O/c1-8(2)13-16-11-7-9(14(3,4)5)6-10(15)12(11)17-13/h6-8H,15H2,1-5H3. The van der Waals surface area contributed by atoms with Crippen LogP contribution in [0.4, 0.5) is 5.69 Å². The number of benzene rings is 1. The number of hydrogen-bond donors (Lipinski definition) is 1. The van der Waals surface area contributed by atoms with Crippen molar-refractivity contribution >= 4 is 16.8 Å². The number of rotatable bonds is 1. The second-order valence-corrected chi connectivity index (χ2v) is 5.87. The van der Waals surface area contributed by atoms with Crippen LogP contribution in [0.15, 0.2) is 16.5 Å². The molecule has 1 heterocycles. The third-order valence-corrected chi connectivity index (χ3v) is 2.90. The average molecular weight is 232 g/mol. The summed E-state index contributed by atoms with van der Waals surface area (Å²) >= 11 is 0. The van der Waals surface area contributed by atoms with Gasteiger partial charge in [0.05, 0.1) is 5.69 Å². The lowest BCUT2D eigenvalue weighted by Crippen LogP contribution is -2.11. The molecule has 0 unspecified atom stereocenters. The lowest BCUT2D eigenvalue weighted by Gasteiger charge is -2.19. The number of nitrogens with two attached hydrogens (primary N) is 1. The fourth-order valence-corrected chi connectivity index (χ4v) is 1.76. The van der Waals surface area contributed by atoms with Crippen LogP contribution in [-0.4, -0.2) is 4.98 Å². The molecule has 0 aliphatic heterocycles. The monoisotopic (exact) mass is 232 g/mol. The van der Waals surface area contributed by atoms with E-state index in [1.807, 2.05) is 6.07 Å². The van der Waals surface area contributed by atoms with E-state index in [1.165, 1.54) is 5.56 Å². The highest BCUT2D eigenvalue weighted by atomic mass is 16.3. The van der Waals surface area contributed by atoms with Gasteiger partial charge in [-0.05, 0) is 23.1 Å². The molecular formula is C14H20N2O. The van der Waals surface area contributed by atoms with Crippen LogP contribution in [0.25, 0.3) is 11.1 Å². The minimum absolute atomic E-state index is 0.0687.